The van der Waals surface area contributed by atoms with E-state index in [0.29, 0.717) is 53.2 Å². The molecule has 0 saturated carbocycles. The third-order valence-electron chi connectivity index (χ3n) is 5.72. The van der Waals surface area contributed by atoms with E-state index in [-0.39, 0.29) is 12.1 Å². The number of halogens is 1. The molecule has 0 aliphatic heterocycles. The highest BCUT2D eigenvalue weighted by molar-refractivity contribution is 6.30. The van der Waals surface area contributed by atoms with Crippen molar-refractivity contribution < 1.29 is 23.7 Å². The second kappa shape index (κ2) is 14.5. The van der Waals surface area contributed by atoms with Crippen LogP contribution in [0.2, 0.25) is 5.02 Å². The number of nitrogens with zero attached hydrogens (tertiary/aromatic N) is 1. The molecule has 1 amide bonds. The molecule has 202 valence electrons. The van der Waals surface area contributed by atoms with Crippen molar-refractivity contribution in [2.24, 2.45) is 0 Å². The lowest BCUT2D eigenvalue weighted by Crippen LogP contribution is -2.24. The van der Waals surface area contributed by atoms with Crippen molar-refractivity contribution in [3.05, 3.63) is 100 Å². The average Bonchev–Trinajstić information content (AvgIpc) is 2.95. The van der Waals surface area contributed by atoms with Crippen LogP contribution in [-0.4, -0.2) is 26.7 Å². The Morgan fingerprint density at radius 3 is 2.44 bits per heavy atom. The second-order valence-electron chi connectivity index (χ2n) is 8.38. The average molecular weight is 547 g/mol. The molecule has 0 unspecified atom stereocenters. The Morgan fingerprint density at radius 2 is 1.79 bits per heavy atom. The van der Waals surface area contributed by atoms with Gasteiger partial charge >= 0.3 is 0 Å². The summed E-state index contributed by atoms with van der Waals surface area (Å²) in [5, 5.41) is 13.2. The predicted molar refractivity (Wildman–Crippen MR) is 152 cm³/mol. The molecular formula is C31H31ClN2O5. The van der Waals surface area contributed by atoms with Crippen LogP contribution in [0.4, 0.5) is 0 Å². The van der Waals surface area contributed by atoms with E-state index in [1.807, 2.05) is 31.2 Å². The van der Waals surface area contributed by atoms with Crippen molar-refractivity contribution in [1.82, 2.24) is 5.32 Å². The maximum Gasteiger partial charge on any atom is 0.262 e. The first-order valence-electron chi connectivity index (χ1n) is 12.3. The summed E-state index contributed by atoms with van der Waals surface area (Å²) in [7, 11) is 3.11. The first-order chi connectivity index (χ1) is 18.9. The topological polar surface area (TPSA) is 89.8 Å². The predicted octanol–water partition coefficient (Wildman–Crippen LogP) is 6.29. The number of methoxy groups -OCH3 is 2. The zero-order valence-corrected chi connectivity index (χ0v) is 23.0. The van der Waals surface area contributed by atoms with E-state index in [2.05, 4.69) is 11.9 Å². The van der Waals surface area contributed by atoms with Gasteiger partial charge in [0.1, 0.15) is 29.7 Å². The molecule has 3 aromatic rings. The minimum atomic E-state index is -0.512. The van der Waals surface area contributed by atoms with Crippen LogP contribution < -0.4 is 24.3 Å². The van der Waals surface area contributed by atoms with E-state index in [9.17, 15) is 10.1 Å². The number of nitriles is 1. The number of hydrogen-bond acceptors (Lipinski definition) is 6. The third kappa shape index (κ3) is 8.03. The molecule has 0 fully saturated rings. The van der Waals surface area contributed by atoms with Gasteiger partial charge in [0.15, 0.2) is 11.5 Å². The van der Waals surface area contributed by atoms with E-state index in [1.165, 1.54) is 6.08 Å². The zero-order chi connectivity index (χ0) is 28.2. The Balaban J connectivity index is 1.85. The highest BCUT2D eigenvalue weighted by Gasteiger charge is 2.16. The number of carbonyl (C=O) groups is 1. The summed E-state index contributed by atoms with van der Waals surface area (Å²) in [6.45, 7) is 6.63. The lowest BCUT2D eigenvalue weighted by Gasteiger charge is -2.17. The van der Waals surface area contributed by atoms with Gasteiger partial charge in [-0.2, -0.15) is 5.26 Å². The number of nitrogens with one attached hydrogen (secondary N) is 1. The van der Waals surface area contributed by atoms with Crippen LogP contribution in [0.25, 0.3) is 6.08 Å². The highest BCUT2D eigenvalue weighted by atomic mass is 35.5. The van der Waals surface area contributed by atoms with Gasteiger partial charge in [0, 0.05) is 28.8 Å². The smallest absolute Gasteiger partial charge is 0.262 e. The fraction of sp³-hybridized carbons (Fsp3) is 0.226. The third-order valence-corrected chi connectivity index (χ3v) is 5.98. The van der Waals surface area contributed by atoms with Crippen molar-refractivity contribution in [1.29, 1.82) is 5.26 Å². The standard InChI is InChI=1S/C31H31ClN2O5/c1-5-7-23-14-22(16-29(38-6-2)30(23)39-20-21-8-11-26(32)12-9-21)15-25(18-33)31(35)34-19-24-10-13-27(36-3)17-28(24)37-4/h5,8-17H,1,6-7,19-20H2,2-4H3,(H,34,35)/b25-15+. The first kappa shape index (κ1) is 29.2. The van der Waals surface area contributed by atoms with Gasteiger partial charge in [-0.3, -0.25) is 4.79 Å². The van der Waals surface area contributed by atoms with E-state index >= 15 is 0 Å². The van der Waals surface area contributed by atoms with Crippen LogP contribution in [0.1, 0.15) is 29.2 Å². The van der Waals surface area contributed by atoms with Crippen LogP contribution in [0.3, 0.4) is 0 Å². The Hall–Kier alpha value is -4.41. The molecule has 8 heteroatoms. The fourth-order valence-electron chi connectivity index (χ4n) is 3.82. The summed E-state index contributed by atoms with van der Waals surface area (Å²) >= 11 is 5.99. The number of ether oxygens (including phenoxy) is 4. The summed E-state index contributed by atoms with van der Waals surface area (Å²) in [5.74, 6) is 1.79. The maximum atomic E-state index is 12.9. The summed E-state index contributed by atoms with van der Waals surface area (Å²) in [4.78, 5) is 12.9. The summed E-state index contributed by atoms with van der Waals surface area (Å²) in [5.41, 5.74) is 3.09. The number of hydrogen-bond donors (Lipinski definition) is 1. The molecular weight excluding hydrogens is 516 g/mol. The molecule has 39 heavy (non-hydrogen) atoms. The van der Waals surface area contributed by atoms with E-state index in [1.54, 1.807) is 56.7 Å². The Morgan fingerprint density at radius 1 is 1.03 bits per heavy atom. The quantitative estimate of drug-likeness (QED) is 0.154. The number of amides is 1. The van der Waals surface area contributed by atoms with Gasteiger partial charge in [-0.15, -0.1) is 6.58 Å². The molecule has 0 aliphatic carbocycles. The van der Waals surface area contributed by atoms with Gasteiger partial charge in [-0.05, 0) is 66.9 Å². The van der Waals surface area contributed by atoms with Gasteiger partial charge < -0.3 is 24.3 Å². The Bertz CT molecular complexity index is 1380. The number of allylic oxidation sites excluding steroid dienone is 1. The zero-order valence-electron chi connectivity index (χ0n) is 22.3. The van der Waals surface area contributed by atoms with Crippen molar-refractivity contribution in [2.75, 3.05) is 20.8 Å². The number of benzene rings is 3. The first-order valence-corrected chi connectivity index (χ1v) is 12.7. The normalized spacial score (nSPS) is 10.8. The van der Waals surface area contributed by atoms with Crippen LogP contribution in [0.5, 0.6) is 23.0 Å². The highest BCUT2D eigenvalue weighted by Crippen LogP contribution is 2.35. The van der Waals surface area contributed by atoms with Crippen LogP contribution in [0.15, 0.2) is 72.8 Å². The lowest BCUT2D eigenvalue weighted by atomic mass is 10.0. The summed E-state index contributed by atoms with van der Waals surface area (Å²) in [6.07, 6.45) is 3.79. The monoisotopic (exact) mass is 546 g/mol. The van der Waals surface area contributed by atoms with Gasteiger partial charge in [-0.1, -0.05) is 29.8 Å². The van der Waals surface area contributed by atoms with E-state index in [4.69, 9.17) is 30.5 Å². The van der Waals surface area contributed by atoms with E-state index in [0.717, 1.165) is 16.7 Å². The minimum absolute atomic E-state index is 0.0516. The molecule has 0 aliphatic rings. The number of rotatable bonds is 13. The van der Waals surface area contributed by atoms with Crippen LogP contribution in [-0.2, 0) is 24.4 Å². The molecule has 0 bridgehead atoms. The van der Waals surface area contributed by atoms with Gasteiger partial charge in [0.25, 0.3) is 5.91 Å². The summed E-state index contributed by atoms with van der Waals surface area (Å²) < 4.78 is 22.6. The molecule has 0 radical (unpaired) electrons. The second-order valence-corrected chi connectivity index (χ2v) is 8.81. The minimum Gasteiger partial charge on any atom is -0.497 e. The SMILES string of the molecule is C=CCc1cc(/C=C(\C#N)C(=O)NCc2ccc(OC)cc2OC)cc(OCC)c1OCc1ccc(Cl)cc1. The Labute approximate surface area is 234 Å². The molecule has 3 rings (SSSR count). The lowest BCUT2D eigenvalue weighted by molar-refractivity contribution is -0.117. The molecule has 0 heterocycles. The molecule has 0 spiro atoms. The number of carbonyl (C=O) groups excluding carboxylic acids is 1. The molecule has 0 atom stereocenters. The largest absolute Gasteiger partial charge is 0.497 e. The summed E-state index contributed by atoms with van der Waals surface area (Å²) in [6, 6.07) is 18.3. The van der Waals surface area contributed by atoms with Gasteiger partial charge in [-0.25, -0.2) is 0 Å². The Kier molecular flexibility index (Phi) is 10.8. The molecule has 3 aromatic carbocycles. The molecule has 0 aromatic heterocycles. The van der Waals surface area contributed by atoms with Crippen molar-refractivity contribution >= 4 is 23.6 Å². The van der Waals surface area contributed by atoms with E-state index < -0.39 is 5.91 Å². The van der Waals surface area contributed by atoms with Crippen molar-refractivity contribution in [3.63, 3.8) is 0 Å². The van der Waals surface area contributed by atoms with Crippen molar-refractivity contribution in [2.45, 2.75) is 26.5 Å². The molecule has 7 nitrogen and oxygen atoms in total. The molecule has 0 saturated heterocycles. The fourth-order valence-corrected chi connectivity index (χ4v) is 3.95. The van der Waals surface area contributed by atoms with Gasteiger partial charge in [0.2, 0.25) is 0 Å². The van der Waals surface area contributed by atoms with Crippen molar-refractivity contribution in [3.8, 4) is 29.1 Å². The van der Waals surface area contributed by atoms with Crippen LogP contribution in [0, 0.1) is 11.3 Å². The van der Waals surface area contributed by atoms with Crippen LogP contribution >= 0.6 is 11.6 Å². The maximum absolute atomic E-state index is 12.9. The molecule has 1 N–H and O–H groups in total. The van der Waals surface area contributed by atoms with Gasteiger partial charge in [0.05, 0.1) is 20.8 Å².